The maximum Gasteiger partial charge on any atom is 0.261 e. The quantitative estimate of drug-likeness (QED) is 0.489. The number of carbonyl (C=O) groups excluding carboxylic acids is 2. The van der Waals surface area contributed by atoms with E-state index in [4.69, 9.17) is 9.47 Å². The molecule has 0 heterocycles. The number of rotatable bonds is 9. The van der Waals surface area contributed by atoms with Crippen LogP contribution in [0, 0.1) is 0 Å². The number of ether oxygens (including phenoxy) is 2. The molecule has 180 valence electrons. The first-order valence-electron chi connectivity index (χ1n) is 11.1. The van der Waals surface area contributed by atoms with E-state index in [1.54, 1.807) is 18.9 Å². The van der Waals surface area contributed by atoms with E-state index in [1.807, 2.05) is 63.2 Å². The predicted octanol–water partition coefficient (Wildman–Crippen LogP) is 5.29. The van der Waals surface area contributed by atoms with E-state index in [0.717, 1.165) is 15.8 Å². The summed E-state index contributed by atoms with van der Waals surface area (Å²) in [4.78, 5) is 27.6. The second kappa shape index (κ2) is 11.5. The number of nitrogens with one attached hydrogen (secondary N) is 1. The molecule has 2 aromatic carbocycles. The minimum atomic E-state index is -0.672. The Labute approximate surface area is 205 Å². The highest BCUT2D eigenvalue weighted by Gasteiger charge is 2.28. The largest absolute Gasteiger partial charge is 0.497 e. The molecule has 0 aromatic heterocycles. The van der Waals surface area contributed by atoms with Gasteiger partial charge in [-0.25, -0.2) is 0 Å². The van der Waals surface area contributed by atoms with Gasteiger partial charge in [-0.2, -0.15) is 0 Å². The van der Waals surface area contributed by atoms with Crippen LogP contribution in [0.25, 0.3) is 0 Å². The van der Waals surface area contributed by atoms with Crippen molar-refractivity contribution in [1.29, 1.82) is 0 Å². The van der Waals surface area contributed by atoms with Crippen LogP contribution in [0.1, 0.15) is 58.6 Å². The molecule has 0 aliphatic rings. The van der Waals surface area contributed by atoms with Gasteiger partial charge in [0, 0.05) is 12.1 Å². The smallest absolute Gasteiger partial charge is 0.261 e. The third-order valence-electron chi connectivity index (χ3n) is 5.15. The van der Waals surface area contributed by atoms with E-state index >= 15 is 0 Å². The average molecular weight is 519 g/mol. The molecule has 0 fully saturated rings. The number of amides is 2. The summed E-state index contributed by atoms with van der Waals surface area (Å²) < 4.78 is 11.8. The lowest BCUT2D eigenvalue weighted by molar-refractivity contribution is -0.142. The van der Waals surface area contributed by atoms with Crippen molar-refractivity contribution in [1.82, 2.24) is 10.2 Å². The normalized spacial score (nSPS) is 12.3. The Morgan fingerprint density at radius 2 is 1.70 bits per heavy atom. The first kappa shape index (κ1) is 26.7. The molecule has 0 saturated heterocycles. The number of hydrogen-bond acceptors (Lipinski definition) is 4. The lowest BCUT2D eigenvalue weighted by Crippen LogP contribution is -2.53. The summed E-state index contributed by atoms with van der Waals surface area (Å²) in [5, 5.41) is 2.96. The van der Waals surface area contributed by atoms with E-state index in [9.17, 15) is 9.59 Å². The SMILES string of the molecule is COc1ccc(CN(C(=O)COc2ccc(C(C)C)cc2Br)C(C)C(=O)NC(C)(C)C)cc1. The van der Waals surface area contributed by atoms with Gasteiger partial charge in [0.2, 0.25) is 5.91 Å². The highest BCUT2D eigenvalue weighted by Crippen LogP contribution is 2.29. The third kappa shape index (κ3) is 8.07. The Bertz CT molecular complexity index is 952. The van der Waals surface area contributed by atoms with Gasteiger partial charge in [-0.1, -0.05) is 32.0 Å². The van der Waals surface area contributed by atoms with Gasteiger partial charge in [-0.05, 0) is 84.9 Å². The van der Waals surface area contributed by atoms with Crippen molar-refractivity contribution in [3.63, 3.8) is 0 Å². The molecule has 0 radical (unpaired) electrons. The topological polar surface area (TPSA) is 67.9 Å². The van der Waals surface area contributed by atoms with Gasteiger partial charge in [0.05, 0.1) is 11.6 Å². The molecule has 6 nitrogen and oxygen atoms in total. The van der Waals surface area contributed by atoms with Gasteiger partial charge < -0.3 is 19.7 Å². The van der Waals surface area contributed by atoms with Crippen molar-refractivity contribution >= 4 is 27.7 Å². The number of benzene rings is 2. The summed E-state index contributed by atoms with van der Waals surface area (Å²) in [6.07, 6.45) is 0. The first-order valence-corrected chi connectivity index (χ1v) is 11.9. The Morgan fingerprint density at radius 3 is 2.21 bits per heavy atom. The van der Waals surface area contributed by atoms with Gasteiger partial charge in [0.25, 0.3) is 5.91 Å². The minimum absolute atomic E-state index is 0.178. The van der Waals surface area contributed by atoms with Crippen LogP contribution in [0.3, 0.4) is 0 Å². The molecule has 0 spiro atoms. The van der Waals surface area contributed by atoms with E-state index in [1.165, 1.54) is 5.56 Å². The molecular weight excluding hydrogens is 484 g/mol. The monoisotopic (exact) mass is 518 g/mol. The van der Waals surface area contributed by atoms with Crippen molar-refractivity contribution in [2.24, 2.45) is 0 Å². The van der Waals surface area contributed by atoms with E-state index in [0.29, 0.717) is 11.7 Å². The third-order valence-corrected chi connectivity index (χ3v) is 5.77. The summed E-state index contributed by atoms with van der Waals surface area (Å²) in [5.74, 6) is 1.21. The van der Waals surface area contributed by atoms with Crippen LogP contribution in [-0.2, 0) is 16.1 Å². The summed E-state index contributed by atoms with van der Waals surface area (Å²) in [5.41, 5.74) is 1.66. The zero-order valence-electron chi connectivity index (χ0n) is 20.6. The van der Waals surface area contributed by atoms with E-state index < -0.39 is 11.6 Å². The number of carbonyl (C=O) groups is 2. The van der Waals surface area contributed by atoms with Crippen LogP contribution in [0.5, 0.6) is 11.5 Å². The summed E-state index contributed by atoms with van der Waals surface area (Å²) in [6.45, 7) is 11.8. The van der Waals surface area contributed by atoms with Gasteiger partial charge in [0.1, 0.15) is 17.5 Å². The number of halogens is 1. The molecular formula is C26H35BrN2O4. The zero-order valence-corrected chi connectivity index (χ0v) is 22.2. The van der Waals surface area contributed by atoms with Gasteiger partial charge in [0.15, 0.2) is 6.61 Å². The molecule has 2 rings (SSSR count). The Hall–Kier alpha value is -2.54. The first-order chi connectivity index (χ1) is 15.4. The molecule has 7 heteroatoms. The maximum atomic E-state index is 13.2. The van der Waals surface area contributed by atoms with Crippen LogP contribution >= 0.6 is 15.9 Å². The molecule has 33 heavy (non-hydrogen) atoms. The van der Waals surface area contributed by atoms with E-state index in [-0.39, 0.29) is 25.0 Å². The second-order valence-corrected chi connectivity index (χ2v) is 10.3. The molecule has 0 aliphatic carbocycles. The van der Waals surface area contributed by atoms with Crippen LogP contribution < -0.4 is 14.8 Å². The minimum Gasteiger partial charge on any atom is -0.497 e. The summed E-state index contributed by atoms with van der Waals surface area (Å²) >= 11 is 3.53. The number of nitrogens with zero attached hydrogens (tertiary/aromatic N) is 1. The number of methoxy groups -OCH3 is 1. The lowest BCUT2D eigenvalue weighted by Gasteiger charge is -2.31. The summed E-state index contributed by atoms with van der Waals surface area (Å²) in [7, 11) is 1.60. The van der Waals surface area contributed by atoms with Gasteiger partial charge in [-0.3, -0.25) is 9.59 Å². The predicted molar refractivity (Wildman–Crippen MR) is 135 cm³/mol. The highest BCUT2D eigenvalue weighted by atomic mass is 79.9. The fourth-order valence-corrected chi connectivity index (χ4v) is 3.71. The van der Waals surface area contributed by atoms with Crippen molar-refractivity contribution in [2.45, 2.75) is 65.6 Å². The lowest BCUT2D eigenvalue weighted by atomic mass is 10.0. The number of hydrogen-bond donors (Lipinski definition) is 1. The van der Waals surface area contributed by atoms with Gasteiger partial charge in [-0.15, -0.1) is 0 Å². The van der Waals surface area contributed by atoms with Crippen molar-refractivity contribution in [3.8, 4) is 11.5 Å². The molecule has 1 atom stereocenters. The fraction of sp³-hybridized carbons (Fsp3) is 0.462. The highest BCUT2D eigenvalue weighted by molar-refractivity contribution is 9.10. The fourth-order valence-electron chi connectivity index (χ4n) is 3.20. The van der Waals surface area contributed by atoms with Crippen molar-refractivity contribution in [2.75, 3.05) is 13.7 Å². The van der Waals surface area contributed by atoms with Crippen LogP contribution in [0.15, 0.2) is 46.9 Å². The second-order valence-electron chi connectivity index (χ2n) is 9.42. The van der Waals surface area contributed by atoms with E-state index in [2.05, 4.69) is 35.1 Å². The Morgan fingerprint density at radius 1 is 1.06 bits per heavy atom. The molecule has 1 unspecified atom stereocenters. The van der Waals surface area contributed by atoms with Crippen molar-refractivity contribution in [3.05, 3.63) is 58.1 Å². The van der Waals surface area contributed by atoms with Crippen LogP contribution in [-0.4, -0.2) is 42.0 Å². The molecule has 2 aromatic rings. The van der Waals surface area contributed by atoms with Crippen LogP contribution in [0.2, 0.25) is 0 Å². The Balaban J connectivity index is 2.20. The molecule has 0 bridgehead atoms. The Kier molecular flexibility index (Phi) is 9.35. The zero-order chi connectivity index (χ0) is 24.8. The summed E-state index contributed by atoms with van der Waals surface area (Å²) in [6, 6.07) is 12.6. The molecule has 1 N–H and O–H groups in total. The standard InChI is InChI=1S/C26H35BrN2O4/c1-17(2)20-10-13-23(22(27)14-20)33-16-24(30)29(18(3)25(31)28-26(4,5)6)15-19-8-11-21(32-7)12-9-19/h8-14,17-18H,15-16H2,1-7H3,(H,28,31). The van der Waals surface area contributed by atoms with Crippen molar-refractivity contribution < 1.29 is 19.1 Å². The maximum absolute atomic E-state index is 13.2. The van der Waals surface area contributed by atoms with Crippen LogP contribution in [0.4, 0.5) is 0 Å². The van der Waals surface area contributed by atoms with Gasteiger partial charge >= 0.3 is 0 Å². The molecule has 2 amide bonds. The molecule has 0 saturated carbocycles. The molecule has 0 aliphatic heterocycles. The average Bonchev–Trinajstić information content (AvgIpc) is 2.75.